The minimum atomic E-state index is -4.24. The Bertz CT molecular complexity index is 631. The Morgan fingerprint density at radius 1 is 1.38 bits per heavy atom. The molecule has 0 spiro atoms. The summed E-state index contributed by atoms with van der Waals surface area (Å²) in [7, 11) is 1.35. The monoisotopic (exact) mass is 305 g/mol. The highest BCUT2D eigenvalue weighted by Gasteiger charge is 2.42. The van der Waals surface area contributed by atoms with Crippen LogP contribution in [0.3, 0.4) is 0 Å². The molecule has 0 atom stereocenters. The molecule has 0 fully saturated rings. The number of ether oxygens (including phenoxy) is 1. The molecule has 21 heavy (non-hydrogen) atoms. The molecule has 10 heteroatoms. The van der Waals surface area contributed by atoms with Crippen LogP contribution in [0.5, 0.6) is 5.75 Å². The number of nitrogen functional groups attached to an aromatic ring is 1. The average molecular weight is 305 g/mol. The number of tetrazole rings is 1. The summed E-state index contributed by atoms with van der Waals surface area (Å²) in [5, 5.41) is 10.1. The van der Waals surface area contributed by atoms with Crippen molar-refractivity contribution in [1.29, 1.82) is 0 Å². The molecule has 6 nitrogen and oxygen atoms in total. The molecule has 114 valence electrons. The lowest BCUT2D eigenvalue weighted by molar-refractivity contribution is -0.139. The summed E-state index contributed by atoms with van der Waals surface area (Å²) in [6.07, 6.45) is -3.82. The van der Waals surface area contributed by atoms with Crippen LogP contribution in [0, 0.1) is 0 Å². The van der Waals surface area contributed by atoms with Crippen LogP contribution in [0.25, 0.3) is 11.4 Å². The number of nitrogens with zero attached hydrogens (tertiary/aromatic N) is 4. The van der Waals surface area contributed by atoms with Crippen molar-refractivity contribution in [3.63, 3.8) is 0 Å². The fourth-order valence-electron chi connectivity index (χ4n) is 1.67. The molecule has 0 amide bonds. The largest absolute Gasteiger partial charge is 0.496 e. The summed E-state index contributed by atoms with van der Waals surface area (Å²) < 4.78 is 56.5. The lowest BCUT2D eigenvalue weighted by Gasteiger charge is -2.16. The Balaban J connectivity index is 2.41. The zero-order valence-corrected chi connectivity index (χ0v) is 10.8. The van der Waals surface area contributed by atoms with Gasteiger partial charge < -0.3 is 10.5 Å². The molecule has 0 aliphatic rings. The fourth-order valence-corrected chi connectivity index (χ4v) is 1.67. The molecule has 2 N–H and O–H groups in total. The van der Waals surface area contributed by atoms with Crippen molar-refractivity contribution in [2.75, 3.05) is 12.8 Å². The van der Waals surface area contributed by atoms with E-state index in [1.807, 2.05) is 0 Å². The number of alkyl halides is 4. The molecule has 2 rings (SSSR count). The number of methoxy groups -OCH3 is 1. The van der Waals surface area contributed by atoms with Crippen molar-refractivity contribution in [2.24, 2.45) is 0 Å². The van der Waals surface area contributed by atoms with Crippen LogP contribution in [-0.4, -0.2) is 39.7 Å². The Kier molecular flexibility index (Phi) is 3.96. The summed E-state index contributed by atoms with van der Waals surface area (Å²) in [6.45, 7) is -1.35. The molecule has 0 radical (unpaired) electrons. The van der Waals surface area contributed by atoms with E-state index >= 15 is 0 Å². The third-order valence-corrected chi connectivity index (χ3v) is 2.68. The van der Waals surface area contributed by atoms with Crippen molar-refractivity contribution in [3.8, 4) is 17.1 Å². The van der Waals surface area contributed by atoms with Crippen LogP contribution >= 0.6 is 0 Å². The lowest BCUT2D eigenvalue weighted by atomic mass is 10.1. The summed E-state index contributed by atoms with van der Waals surface area (Å²) >= 11 is 0. The van der Waals surface area contributed by atoms with Gasteiger partial charge in [0.15, 0.2) is 5.82 Å². The van der Waals surface area contributed by atoms with E-state index in [0.29, 0.717) is 10.4 Å². The van der Waals surface area contributed by atoms with Gasteiger partial charge in [-0.2, -0.15) is 8.78 Å². The summed E-state index contributed by atoms with van der Waals surface area (Å²) in [5.74, 6) is -4.12. The van der Waals surface area contributed by atoms with Crippen molar-refractivity contribution in [2.45, 2.75) is 18.9 Å². The average Bonchev–Trinajstić information content (AvgIpc) is 2.85. The molecule has 0 aliphatic carbocycles. The van der Waals surface area contributed by atoms with Crippen molar-refractivity contribution in [1.82, 2.24) is 20.2 Å². The van der Waals surface area contributed by atoms with Crippen molar-refractivity contribution in [3.05, 3.63) is 18.2 Å². The Hall–Kier alpha value is -2.39. The zero-order chi connectivity index (χ0) is 15.6. The number of hydrogen-bond donors (Lipinski definition) is 1. The van der Waals surface area contributed by atoms with Gasteiger partial charge in [0.2, 0.25) is 0 Å². The van der Waals surface area contributed by atoms with Gasteiger partial charge in [-0.25, -0.2) is 13.5 Å². The highest BCUT2D eigenvalue weighted by Crippen LogP contribution is 2.32. The van der Waals surface area contributed by atoms with Crippen LogP contribution in [0.4, 0.5) is 23.2 Å². The Labute approximate surface area is 116 Å². The third kappa shape index (κ3) is 3.03. The van der Waals surface area contributed by atoms with E-state index in [4.69, 9.17) is 10.5 Å². The Morgan fingerprint density at radius 3 is 2.71 bits per heavy atom. The lowest BCUT2D eigenvalue weighted by Crippen LogP contribution is -2.32. The first-order chi connectivity index (χ1) is 9.85. The third-order valence-electron chi connectivity index (χ3n) is 2.68. The number of benzene rings is 1. The summed E-state index contributed by atoms with van der Waals surface area (Å²) in [5.41, 5.74) is 6.23. The van der Waals surface area contributed by atoms with Gasteiger partial charge in [-0.05, 0) is 22.6 Å². The molecule has 1 heterocycles. The molecule has 0 saturated carbocycles. The first-order valence-corrected chi connectivity index (χ1v) is 5.71. The number of anilines is 1. The van der Waals surface area contributed by atoms with E-state index in [2.05, 4.69) is 15.5 Å². The van der Waals surface area contributed by atoms with Crippen LogP contribution in [0.1, 0.15) is 0 Å². The summed E-state index contributed by atoms with van der Waals surface area (Å²) in [6, 6.07) is 4.39. The maximum Gasteiger partial charge on any atom is 0.326 e. The quantitative estimate of drug-likeness (QED) is 0.673. The highest BCUT2D eigenvalue weighted by molar-refractivity contribution is 5.67. The van der Waals surface area contributed by atoms with E-state index in [-0.39, 0.29) is 17.1 Å². The van der Waals surface area contributed by atoms with Gasteiger partial charge in [-0.15, -0.1) is 5.10 Å². The molecule has 1 aromatic heterocycles. The van der Waals surface area contributed by atoms with Gasteiger partial charge in [-0.3, -0.25) is 0 Å². The van der Waals surface area contributed by atoms with E-state index < -0.39 is 18.9 Å². The number of hydrogen-bond acceptors (Lipinski definition) is 5. The maximum atomic E-state index is 13.1. The van der Waals surface area contributed by atoms with Crippen LogP contribution in [-0.2, 0) is 6.54 Å². The van der Waals surface area contributed by atoms with Crippen LogP contribution < -0.4 is 10.5 Å². The van der Waals surface area contributed by atoms with Crippen molar-refractivity contribution < 1.29 is 22.3 Å². The molecule has 2 aromatic rings. The second-order valence-corrected chi connectivity index (χ2v) is 4.18. The van der Waals surface area contributed by atoms with Crippen LogP contribution in [0.15, 0.2) is 18.2 Å². The van der Waals surface area contributed by atoms with Gasteiger partial charge in [0.05, 0.1) is 12.7 Å². The summed E-state index contributed by atoms with van der Waals surface area (Å²) in [4.78, 5) is 0. The van der Waals surface area contributed by atoms with E-state index in [1.165, 1.54) is 25.3 Å². The second kappa shape index (κ2) is 5.54. The predicted octanol–water partition coefficient (Wildman–Crippen LogP) is 1.83. The number of aromatic nitrogens is 4. The first-order valence-electron chi connectivity index (χ1n) is 5.71. The standard InChI is InChI=1S/C11H11F4N5O/c1-21-8-4-6(16)2-3-7(8)9-17-18-19-20(9)5-11(14,15)10(12)13/h2-4,10H,5,16H2,1H3. The molecular weight excluding hydrogens is 294 g/mol. The molecule has 1 aromatic carbocycles. The van der Waals surface area contributed by atoms with E-state index in [0.717, 1.165) is 0 Å². The zero-order valence-electron chi connectivity index (χ0n) is 10.8. The SMILES string of the molecule is COc1cc(N)ccc1-c1nnnn1CC(F)(F)C(F)F. The Morgan fingerprint density at radius 2 is 2.10 bits per heavy atom. The van der Waals surface area contributed by atoms with Gasteiger partial charge in [0.25, 0.3) is 0 Å². The number of rotatable bonds is 5. The van der Waals surface area contributed by atoms with E-state index in [9.17, 15) is 17.6 Å². The van der Waals surface area contributed by atoms with Gasteiger partial charge in [0.1, 0.15) is 12.3 Å². The van der Waals surface area contributed by atoms with Gasteiger partial charge in [-0.1, -0.05) is 0 Å². The molecule has 0 unspecified atom stereocenters. The van der Waals surface area contributed by atoms with Gasteiger partial charge >= 0.3 is 12.3 Å². The normalized spacial score (nSPS) is 11.9. The predicted molar refractivity (Wildman–Crippen MR) is 65.2 cm³/mol. The molecule has 0 saturated heterocycles. The topological polar surface area (TPSA) is 78.8 Å². The highest BCUT2D eigenvalue weighted by atomic mass is 19.3. The molecular formula is C11H11F4N5O. The smallest absolute Gasteiger partial charge is 0.326 e. The molecule has 0 bridgehead atoms. The fraction of sp³-hybridized carbons (Fsp3) is 0.364. The van der Waals surface area contributed by atoms with Crippen LogP contribution in [0.2, 0.25) is 0 Å². The maximum absolute atomic E-state index is 13.1. The number of halogens is 4. The minimum Gasteiger partial charge on any atom is -0.496 e. The minimum absolute atomic E-state index is 0.118. The van der Waals surface area contributed by atoms with E-state index in [1.54, 1.807) is 0 Å². The van der Waals surface area contributed by atoms with Crippen molar-refractivity contribution >= 4 is 5.69 Å². The first kappa shape index (κ1) is 15.0. The van der Waals surface area contributed by atoms with Gasteiger partial charge in [0, 0.05) is 11.8 Å². The second-order valence-electron chi connectivity index (χ2n) is 4.18. The number of nitrogens with two attached hydrogens (primary N) is 1. The molecule has 0 aliphatic heterocycles.